The first kappa shape index (κ1) is 34.2. The van der Waals surface area contributed by atoms with Crippen molar-refractivity contribution in [1.29, 1.82) is 0 Å². The predicted octanol–water partition coefficient (Wildman–Crippen LogP) is 14.4. The van der Waals surface area contributed by atoms with Gasteiger partial charge in [0.25, 0.3) is 0 Å². The quantitative estimate of drug-likeness (QED) is 0.178. The topological polar surface area (TPSA) is 49.4 Å². The Morgan fingerprint density at radius 3 is 1.33 bits per heavy atom. The molecule has 0 saturated carbocycles. The zero-order valence-corrected chi connectivity index (χ0v) is 34.9. The van der Waals surface area contributed by atoms with Gasteiger partial charge in [0.2, 0.25) is 11.6 Å². The zero-order chi connectivity index (χ0) is 41.6. The Morgan fingerprint density at radius 1 is 0.312 bits per heavy atom. The highest BCUT2D eigenvalue weighted by molar-refractivity contribution is 7.26. The van der Waals surface area contributed by atoms with Crippen molar-refractivity contribution >= 4 is 120 Å². The second kappa shape index (κ2) is 12.6. The molecule has 0 fully saturated rings. The van der Waals surface area contributed by atoms with Crippen LogP contribution in [0, 0.1) is 0 Å². The number of hydrogen-bond donors (Lipinski definition) is 0. The maximum Gasteiger partial charge on any atom is 0.223 e. The minimum Gasteiger partial charge on any atom is -0.309 e. The molecule has 0 amide bonds. The largest absolute Gasteiger partial charge is 0.309 e. The molecule has 0 N–H and O–H groups in total. The molecule has 0 radical (unpaired) electrons. The highest BCUT2D eigenvalue weighted by Crippen LogP contribution is 2.42. The molecular weight excluding hydrogens is 803 g/mol. The summed E-state index contributed by atoms with van der Waals surface area (Å²) in [6.45, 7) is 0. The van der Waals surface area contributed by atoms with Crippen LogP contribution in [-0.4, -0.2) is 32.5 Å². The maximum absolute atomic E-state index is 5.53. The van der Waals surface area contributed by atoms with E-state index in [1.807, 2.05) is 11.3 Å². The molecule has 0 bridgehead atoms. The third kappa shape index (κ3) is 4.48. The normalized spacial score (nSPS) is 12.4. The predicted molar refractivity (Wildman–Crippen MR) is 266 cm³/mol. The van der Waals surface area contributed by atoms with Crippen LogP contribution in [-0.2, 0) is 0 Å². The lowest BCUT2D eigenvalue weighted by Gasteiger charge is -2.10. The van der Waals surface area contributed by atoms with Gasteiger partial charge in [-0.2, -0.15) is 0 Å². The molecule has 0 aliphatic carbocycles. The third-order valence-corrected chi connectivity index (χ3v) is 14.5. The fourth-order valence-electron chi connectivity index (χ4n) is 10.6. The van der Waals surface area contributed by atoms with E-state index < -0.39 is 0 Å². The SMILES string of the molecule is c1ccc2c(c1)nc1n(-c3cccc4c3sc3ccc(-n5c6ccccc6c6ccccc65)cc34)c3nc4ccccc4n3c3cc(-n4c5ccccc5c5ccccc54)ccc3n21. The van der Waals surface area contributed by atoms with E-state index in [0.29, 0.717) is 0 Å². The van der Waals surface area contributed by atoms with Gasteiger partial charge < -0.3 is 9.13 Å². The van der Waals surface area contributed by atoms with Crippen molar-refractivity contribution in [3.63, 3.8) is 0 Å². The number of nitrogens with zero attached hydrogens (tertiary/aromatic N) is 7. The van der Waals surface area contributed by atoms with Crippen molar-refractivity contribution < 1.29 is 0 Å². The van der Waals surface area contributed by atoms with Crippen LogP contribution in [0.5, 0.6) is 0 Å². The number of rotatable bonds is 3. The van der Waals surface area contributed by atoms with Gasteiger partial charge >= 0.3 is 0 Å². The fraction of sp³-hybridized carbons (Fsp3) is 0. The van der Waals surface area contributed by atoms with E-state index in [-0.39, 0.29) is 0 Å². The summed E-state index contributed by atoms with van der Waals surface area (Å²) in [5.74, 6) is 1.57. The molecule has 0 saturated heterocycles. The Morgan fingerprint density at radius 2 is 0.766 bits per heavy atom. The standard InChI is InChI=1S/C56H33N7S/c1-7-21-44-36(14-1)37-15-2-8-22-45(37)59(44)34-29-31-53-41(32-34)40-18-13-27-51(54(40)64-53)63-55-57-42-19-5-11-25-48(42)61(55)50-30-28-35(33-52(50)62-49-26-12-6-20-43(49)58-56(62)63)60-46-23-9-3-16-38(46)39-17-4-10-24-47(39)60/h1-33H. The third-order valence-electron chi connectivity index (χ3n) is 13.3. The van der Waals surface area contributed by atoms with Gasteiger partial charge in [-0.25, -0.2) is 14.5 Å². The number of fused-ring (bicyclic) bond motifs is 18. The second-order valence-corrected chi connectivity index (χ2v) is 17.7. The number of thiophene rings is 1. The van der Waals surface area contributed by atoms with E-state index in [9.17, 15) is 0 Å². The summed E-state index contributed by atoms with van der Waals surface area (Å²) in [5.41, 5.74) is 13.9. The number of benzene rings is 9. The van der Waals surface area contributed by atoms with Crippen LogP contribution in [0.2, 0.25) is 0 Å². The molecular formula is C56H33N7S. The fourth-order valence-corrected chi connectivity index (χ4v) is 11.8. The molecule has 298 valence electrons. The van der Waals surface area contributed by atoms with Gasteiger partial charge in [-0.05, 0) is 91.0 Å². The zero-order valence-electron chi connectivity index (χ0n) is 34.1. The summed E-state index contributed by atoms with van der Waals surface area (Å²) in [7, 11) is 0. The van der Waals surface area contributed by atoms with E-state index in [1.165, 1.54) is 63.8 Å². The lowest BCUT2D eigenvalue weighted by atomic mass is 10.1. The first-order valence-electron chi connectivity index (χ1n) is 21.6. The van der Waals surface area contributed by atoms with Crippen LogP contribution in [0.15, 0.2) is 200 Å². The highest BCUT2D eigenvalue weighted by atomic mass is 32.1. The highest BCUT2D eigenvalue weighted by Gasteiger charge is 2.23. The number of para-hydroxylation sites is 8. The molecule has 0 atom stereocenters. The average Bonchev–Trinajstić information content (AvgIpc) is 4.15. The summed E-state index contributed by atoms with van der Waals surface area (Å²) >= 11 is 1.82. The Hall–Kier alpha value is -8.46. The number of hydrogen-bond acceptors (Lipinski definition) is 3. The van der Waals surface area contributed by atoms with Crippen LogP contribution < -0.4 is 0 Å². The van der Waals surface area contributed by atoms with E-state index in [2.05, 4.69) is 223 Å². The number of imidazole rings is 2. The van der Waals surface area contributed by atoms with Crippen LogP contribution in [0.3, 0.4) is 0 Å². The van der Waals surface area contributed by atoms with Crippen molar-refractivity contribution in [2.75, 3.05) is 0 Å². The summed E-state index contributed by atoms with van der Waals surface area (Å²) in [5, 5.41) is 7.39. The first-order chi connectivity index (χ1) is 31.8. The maximum atomic E-state index is 5.53. The van der Waals surface area contributed by atoms with Crippen molar-refractivity contribution in [3.05, 3.63) is 200 Å². The molecule has 0 aliphatic heterocycles. The molecule has 9 aromatic carbocycles. The lowest BCUT2D eigenvalue weighted by Crippen LogP contribution is -2.02. The average molecular weight is 836 g/mol. The van der Waals surface area contributed by atoms with Gasteiger partial charge in [-0.1, -0.05) is 109 Å². The van der Waals surface area contributed by atoms with Gasteiger partial charge in [-0.3, -0.25) is 8.80 Å². The summed E-state index contributed by atoms with van der Waals surface area (Å²) in [6.07, 6.45) is 0. The molecule has 15 rings (SSSR count). The molecule has 6 aromatic heterocycles. The van der Waals surface area contributed by atoms with E-state index >= 15 is 0 Å². The van der Waals surface area contributed by atoms with Gasteiger partial charge in [0.15, 0.2) is 0 Å². The van der Waals surface area contributed by atoms with Gasteiger partial charge in [-0.15, -0.1) is 11.3 Å². The first-order valence-corrected chi connectivity index (χ1v) is 22.4. The van der Waals surface area contributed by atoms with Crippen LogP contribution in [0.4, 0.5) is 0 Å². The lowest BCUT2D eigenvalue weighted by molar-refractivity contribution is 1.04. The minimum atomic E-state index is 0.784. The van der Waals surface area contributed by atoms with Crippen LogP contribution in [0.1, 0.15) is 0 Å². The smallest absolute Gasteiger partial charge is 0.223 e. The van der Waals surface area contributed by atoms with E-state index in [1.54, 1.807) is 0 Å². The van der Waals surface area contributed by atoms with Crippen molar-refractivity contribution in [3.8, 4) is 17.1 Å². The molecule has 7 nitrogen and oxygen atoms in total. The van der Waals surface area contributed by atoms with Crippen molar-refractivity contribution in [2.45, 2.75) is 0 Å². The van der Waals surface area contributed by atoms with E-state index in [4.69, 9.17) is 9.97 Å². The Balaban J connectivity index is 1.07. The van der Waals surface area contributed by atoms with Crippen LogP contribution >= 0.6 is 11.3 Å². The van der Waals surface area contributed by atoms with Gasteiger partial charge in [0.1, 0.15) is 0 Å². The molecule has 8 heteroatoms. The van der Waals surface area contributed by atoms with Gasteiger partial charge in [0, 0.05) is 48.4 Å². The molecule has 15 aromatic rings. The Kier molecular flexibility index (Phi) is 6.71. The van der Waals surface area contributed by atoms with Crippen molar-refractivity contribution in [2.24, 2.45) is 0 Å². The summed E-state index contributed by atoms with van der Waals surface area (Å²) < 4.78 is 14.2. The van der Waals surface area contributed by atoms with E-state index in [0.717, 1.165) is 61.7 Å². The molecule has 64 heavy (non-hydrogen) atoms. The minimum absolute atomic E-state index is 0.784. The molecule has 6 heterocycles. The Bertz CT molecular complexity index is 4410. The summed E-state index contributed by atoms with van der Waals surface area (Å²) in [4.78, 5) is 11.0. The summed E-state index contributed by atoms with van der Waals surface area (Å²) in [6, 6.07) is 72.3. The van der Waals surface area contributed by atoms with Crippen molar-refractivity contribution in [1.82, 2.24) is 32.5 Å². The molecule has 0 aliphatic rings. The molecule has 0 unspecified atom stereocenters. The number of aromatic nitrogens is 7. The Labute approximate surface area is 367 Å². The monoisotopic (exact) mass is 835 g/mol. The molecule has 0 spiro atoms. The van der Waals surface area contributed by atoms with Crippen LogP contribution in [0.25, 0.3) is 126 Å². The van der Waals surface area contributed by atoms with Gasteiger partial charge in [0.05, 0.1) is 65.6 Å². The second-order valence-electron chi connectivity index (χ2n) is 16.7.